The summed E-state index contributed by atoms with van der Waals surface area (Å²) in [4.78, 5) is 25.6. The number of halogens is 3. The van der Waals surface area contributed by atoms with Crippen molar-refractivity contribution in [1.82, 2.24) is 4.90 Å². The summed E-state index contributed by atoms with van der Waals surface area (Å²) in [6.07, 6.45) is 0. The van der Waals surface area contributed by atoms with Gasteiger partial charge in [-0.05, 0) is 29.8 Å². The lowest BCUT2D eigenvalue weighted by atomic mass is 10.2. The van der Waals surface area contributed by atoms with E-state index in [1.807, 2.05) is 24.3 Å². The van der Waals surface area contributed by atoms with Crippen LogP contribution >= 0.6 is 39.1 Å². The maximum Gasteiger partial charge on any atom is 0.340 e. The second kappa shape index (κ2) is 8.51. The average Bonchev–Trinajstić information content (AvgIpc) is 2.56. The van der Waals surface area contributed by atoms with E-state index in [4.69, 9.17) is 27.9 Å². The van der Waals surface area contributed by atoms with Crippen LogP contribution in [0.25, 0.3) is 0 Å². The Morgan fingerprint density at radius 3 is 2.58 bits per heavy atom. The van der Waals surface area contributed by atoms with E-state index in [2.05, 4.69) is 15.9 Å². The fourth-order valence-electron chi connectivity index (χ4n) is 1.94. The minimum Gasteiger partial charge on any atom is -0.452 e. The molecule has 0 aliphatic carbocycles. The molecule has 4 nitrogen and oxygen atoms in total. The predicted octanol–water partition coefficient (Wildman–Crippen LogP) is 4.57. The van der Waals surface area contributed by atoms with Crippen molar-refractivity contribution in [3.63, 3.8) is 0 Å². The molecular formula is C17H14BrCl2NO3. The van der Waals surface area contributed by atoms with Gasteiger partial charge >= 0.3 is 5.97 Å². The Balaban J connectivity index is 1.93. The molecule has 2 aromatic carbocycles. The third kappa shape index (κ3) is 4.97. The Morgan fingerprint density at radius 2 is 1.88 bits per heavy atom. The molecule has 0 saturated heterocycles. The van der Waals surface area contributed by atoms with Crippen molar-refractivity contribution in [3.8, 4) is 0 Å². The quantitative estimate of drug-likeness (QED) is 0.652. The molecule has 0 saturated carbocycles. The van der Waals surface area contributed by atoms with E-state index in [1.54, 1.807) is 13.1 Å². The number of likely N-dealkylation sites (N-methyl/N-ethyl adjacent to an activating group) is 1. The molecule has 0 radical (unpaired) electrons. The van der Waals surface area contributed by atoms with Gasteiger partial charge in [-0.2, -0.15) is 0 Å². The van der Waals surface area contributed by atoms with Crippen LogP contribution in [0.5, 0.6) is 0 Å². The fourth-order valence-corrected chi connectivity index (χ4v) is 2.72. The van der Waals surface area contributed by atoms with Gasteiger partial charge in [-0.25, -0.2) is 4.79 Å². The average molecular weight is 431 g/mol. The summed E-state index contributed by atoms with van der Waals surface area (Å²) in [5, 5.41) is 0.585. The highest BCUT2D eigenvalue weighted by molar-refractivity contribution is 9.10. The van der Waals surface area contributed by atoms with Gasteiger partial charge in [0.2, 0.25) is 0 Å². The number of nitrogens with zero attached hydrogens (tertiary/aromatic N) is 1. The Labute approximate surface area is 158 Å². The van der Waals surface area contributed by atoms with Crippen molar-refractivity contribution in [3.05, 3.63) is 68.1 Å². The molecule has 0 unspecified atom stereocenters. The molecular weight excluding hydrogens is 417 g/mol. The number of esters is 1. The van der Waals surface area contributed by atoms with Gasteiger partial charge < -0.3 is 9.64 Å². The smallest absolute Gasteiger partial charge is 0.340 e. The van der Waals surface area contributed by atoms with Crippen LogP contribution < -0.4 is 0 Å². The van der Waals surface area contributed by atoms with Gasteiger partial charge in [0.05, 0.1) is 10.6 Å². The second-order valence-corrected chi connectivity index (χ2v) is 6.74. The summed E-state index contributed by atoms with van der Waals surface area (Å²) >= 11 is 15.2. The number of benzene rings is 2. The van der Waals surface area contributed by atoms with E-state index in [9.17, 15) is 9.59 Å². The monoisotopic (exact) mass is 429 g/mol. The van der Waals surface area contributed by atoms with Crippen LogP contribution in [0.2, 0.25) is 10.0 Å². The van der Waals surface area contributed by atoms with Crippen molar-refractivity contribution in [2.45, 2.75) is 6.54 Å². The zero-order valence-corrected chi connectivity index (χ0v) is 15.9. The summed E-state index contributed by atoms with van der Waals surface area (Å²) in [5.41, 5.74) is 1.09. The molecule has 126 valence electrons. The number of hydrogen-bond acceptors (Lipinski definition) is 3. The molecule has 0 aliphatic rings. The summed E-state index contributed by atoms with van der Waals surface area (Å²) in [7, 11) is 1.64. The maximum atomic E-state index is 12.1. The zero-order valence-electron chi connectivity index (χ0n) is 12.8. The van der Waals surface area contributed by atoms with E-state index >= 15 is 0 Å². The lowest BCUT2D eigenvalue weighted by Gasteiger charge is -2.18. The largest absolute Gasteiger partial charge is 0.452 e. The minimum atomic E-state index is -0.690. The molecule has 1 amide bonds. The second-order valence-electron chi connectivity index (χ2n) is 5.04. The van der Waals surface area contributed by atoms with E-state index in [-0.39, 0.29) is 23.1 Å². The van der Waals surface area contributed by atoms with Gasteiger partial charge in [-0.15, -0.1) is 0 Å². The van der Waals surface area contributed by atoms with Crippen molar-refractivity contribution in [1.29, 1.82) is 0 Å². The molecule has 7 heteroatoms. The Hall–Kier alpha value is -1.56. The molecule has 2 rings (SSSR count). The van der Waals surface area contributed by atoms with Gasteiger partial charge in [0.15, 0.2) is 6.61 Å². The Morgan fingerprint density at radius 1 is 1.17 bits per heavy atom. The summed E-state index contributed by atoms with van der Waals surface area (Å²) < 4.78 is 5.94. The van der Waals surface area contributed by atoms with Crippen molar-refractivity contribution in [2.24, 2.45) is 0 Å². The summed E-state index contributed by atoms with van der Waals surface area (Å²) in [6, 6.07) is 12.1. The first-order valence-corrected chi connectivity index (χ1v) is 8.53. The molecule has 24 heavy (non-hydrogen) atoms. The zero-order chi connectivity index (χ0) is 17.7. The first-order valence-electron chi connectivity index (χ1n) is 6.98. The molecule has 0 bridgehead atoms. The topological polar surface area (TPSA) is 46.6 Å². The third-order valence-electron chi connectivity index (χ3n) is 3.27. The van der Waals surface area contributed by atoms with Gasteiger partial charge in [0, 0.05) is 23.1 Å². The van der Waals surface area contributed by atoms with Gasteiger partial charge in [-0.1, -0.05) is 57.3 Å². The van der Waals surface area contributed by atoms with Gasteiger partial charge in [0.1, 0.15) is 0 Å². The molecule has 0 heterocycles. The fraction of sp³-hybridized carbons (Fsp3) is 0.176. The lowest BCUT2D eigenvalue weighted by molar-refractivity contribution is -0.133. The number of amides is 1. The Kier molecular flexibility index (Phi) is 6.66. The van der Waals surface area contributed by atoms with Crippen molar-refractivity contribution in [2.75, 3.05) is 13.7 Å². The standard InChI is InChI=1S/C17H14BrCl2NO3/c1-21(9-11-4-2-3-5-14(11)18)16(22)10-24-17(23)13-8-12(19)6-7-15(13)20/h2-8H,9-10H2,1H3. The van der Waals surface area contributed by atoms with Crippen LogP contribution in [0, 0.1) is 0 Å². The van der Waals surface area contributed by atoms with E-state index in [1.165, 1.54) is 17.0 Å². The maximum absolute atomic E-state index is 12.1. The highest BCUT2D eigenvalue weighted by Crippen LogP contribution is 2.21. The number of carbonyl (C=O) groups excluding carboxylic acids is 2. The number of hydrogen-bond donors (Lipinski definition) is 0. The van der Waals surface area contributed by atoms with E-state index in [0.717, 1.165) is 10.0 Å². The van der Waals surface area contributed by atoms with Crippen LogP contribution in [0.15, 0.2) is 46.9 Å². The van der Waals surface area contributed by atoms with Crippen LogP contribution in [0.4, 0.5) is 0 Å². The lowest BCUT2D eigenvalue weighted by Crippen LogP contribution is -2.31. The van der Waals surface area contributed by atoms with Crippen molar-refractivity contribution >= 4 is 51.0 Å². The number of carbonyl (C=O) groups is 2. The Bertz CT molecular complexity index is 767. The minimum absolute atomic E-state index is 0.130. The first kappa shape index (κ1) is 18.8. The first-order chi connectivity index (χ1) is 11.4. The molecule has 2 aromatic rings. The molecule has 0 fully saturated rings. The number of rotatable bonds is 5. The van der Waals surface area contributed by atoms with E-state index in [0.29, 0.717) is 11.6 Å². The number of ether oxygens (including phenoxy) is 1. The molecule has 0 spiro atoms. The SMILES string of the molecule is CN(Cc1ccccc1Br)C(=O)COC(=O)c1cc(Cl)ccc1Cl. The molecule has 0 aliphatic heterocycles. The molecule has 0 atom stereocenters. The predicted molar refractivity (Wildman–Crippen MR) is 97.4 cm³/mol. The van der Waals surface area contributed by atoms with Crippen molar-refractivity contribution < 1.29 is 14.3 Å². The van der Waals surface area contributed by atoms with Crippen LogP contribution in [-0.4, -0.2) is 30.4 Å². The highest BCUT2D eigenvalue weighted by Gasteiger charge is 2.17. The normalized spacial score (nSPS) is 10.3. The third-order valence-corrected chi connectivity index (χ3v) is 4.60. The van der Waals surface area contributed by atoms with Gasteiger partial charge in [-0.3, -0.25) is 4.79 Å². The molecule has 0 N–H and O–H groups in total. The van der Waals surface area contributed by atoms with Crippen LogP contribution in [0.3, 0.4) is 0 Å². The molecule has 0 aromatic heterocycles. The van der Waals surface area contributed by atoms with Crippen LogP contribution in [0.1, 0.15) is 15.9 Å². The summed E-state index contributed by atoms with van der Waals surface area (Å²) in [5.74, 6) is -1.01. The highest BCUT2D eigenvalue weighted by atomic mass is 79.9. The van der Waals surface area contributed by atoms with Crippen LogP contribution in [-0.2, 0) is 16.1 Å². The summed E-state index contributed by atoms with van der Waals surface area (Å²) in [6.45, 7) is 0.0261. The van der Waals surface area contributed by atoms with Gasteiger partial charge in [0.25, 0.3) is 5.91 Å². The van der Waals surface area contributed by atoms with E-state index < -0.39 is 5.97 Å².